The van der Waals surface area contributed by atoms with Crippen molar-refractivity contribution in [2.45, 2.75) is 32.6 Å². The van der Waals surface area contributed by atoms with Crippen molar-refractivity contribution in [2.75, 3.05) is 31.5 Å². The van der Waals surface area contributed by atoms with E-state index in [4.69, 9.17) is 0 Å². The molecule has 2 rings (SSSR count). The fourth-order valence-electron chi connectivity index (χ4n) is 2.52. The molecule has 1 aromatic heterocycles. The summed E-state index contributed by atoms with van der Waals surface area (Å²) in [6, 6.07) is 1.56. The van der Waals surface area contributed by atoms with Crippen LogP contribution >= 0.6 is 0 Å². The minimum absolute atomic E-state index is 0.0564. The zero-order valence-electron chi connectivity index (χ0n) is 12.0. The number of nitro groups is 1. The van der Waals surface area contributed by atoms with Gasteiger partial charge in [-0.3, -0.25) is 10.1 Å². The zero-order chi connectivity index (χ0) is 14.4. The molecule has 6 heteroatoms. The summed E-state index contributed by atoms with van der Waals surface area (Å²) in [5, 5.41) is 14.1. The zero-order valence-corrected chi connectivity index (χ0v) is 12.0. The molecule has 1 fully saturated rings. The summed E-state index contributed by atoms with van der Waals surface area (Å²) >= 11 is 0. The van der Waals surface area contributed by atoms with E-state index >= 15 is 0 Å². The Balaban J connectivity index is 1.88. The molecule has 0 unspecified atom stereocenters. The lowest BCUT2D eigenvalue weighted by molar-refractivity contribution is -0.384. The molecule has 1 aromatic rings. The number of hydrogen-bond donors (Lipinski definition) is 1. The second-order valence-corrected chi connectivity index (χ2v) is 5.32. The normalized spacial score (nSPS) is 16.6. The van der Waals surface area contributed by atoms with Gasteiger partial charge in [-0.15, -0.1) is 0 Å². The average molecular weight is 278 g/mol. The maximum absolute atomic E-state index is 11.0. The second-order valence-electron chi connectivity index (χ2n) is 5.32. The largest absolute Gasteiger partial charge is 0.363 e. The summed E-state index contributed by atoms with van der Waals surface area (Å²) in [6.45, 7) is 5.67. The Labute approximate surface area is 119 Å². The van der Waals surface area contributed by atoms with Crippen LogP contribution in [0.25, 0.3) is 0 Å². The van der Waals surface area contributed by atoms with Crippen molar-refractivity contribution in [1.82, 2.24) is 9.88 Å². The minimum atomic E-state index is -0.381. The van der Waals surface area contributed by atoms with Crippen molar-refractivity contribution >= 4 is 11.5 Å². The van der Waals surface area contributed by atoms with Gasteiger partial charge in [0.2, 0.25) is 5.82 Å². The summed E-state index contributed by atoms with van der Waals surface area (Å²) in [5.74, 6) is 0.371. The van der Waals surface area contributed by atoms with Crippen LogP contribution in [0.4, 0.5) is 11.5 Å². The van der Waals surface area contributed by atoms with Crippen LogP contribution in [0.15, 0.2) is 12.3 Å². The Hall–Kier alpha value is -1.69. The van der Waals surface area contributed by atoms with Crippen LogP contribution in [-0.4, -0.2) is 41.0 Å². The molecule has 0 saturated carbocycles. The quantitative estimate of drug-likeness (QED) is 0.662. The number of nitrogens with zero attached hydrogens (tertiary/aromatic N) is 3. The van der Waals surface area contributed by atoms with Crippen molar-refractivity contribution in [2.24, 2.45) is 0 Å². The molecule has 20 heavy (non-hydrogen) atoms. The van der Waals surface area contributed by atoms with Crippen LogP contribution in [0.1, 0.15) is 31.2 Å². The number of aromatic nitrogens is 1. The van der Waals surface area contributed by atoms with Crippen LogP contribution in [0.2, 0.25) is 0 Å². The molecular formula is C14H22N4O2. The summed E-state index contributed by atoms with van der Waals surface area (Å²) in [4.78, 5) is 17.2. The highest BCUT2D eigenvalue weighted by Crippen LogP contribution is 2.22. The van der Waals surface area contributed by atoms with Gasteiger partial charge in [-0.2, -0.15) is 0 Å². The third-order valence-electron chi connectivity index (χ3n) is 3.62. The van der Waals surface area contributed by atoms with E-state index in [1.165, 1.54) is 25.7 Å². The molecule has 1 aliphatic rings. The van der Waals surface area contributed by atoms with Crippen LogP contribution in [-0.2, 0) is 0 Å². The maximum Gasteiger partial charge on any atom is 0.311 e. The number of rotatable bonds is 5. The molecular weight excluding hydrogens is 256 g/mol. The van der Waals surface area contributed by atoms with Gasteiger partial charge in [0.05, 0.1) is 4.92 Å². The standard InChI is InChI=1S/C14H22N4O2/c1-12-10-13(18(19)20)14(16-11-12)15-6-9-17-7-4-2-3-5-8-17/h10-11H,2-9H2,1H3,(H,15,16). The van der Waals surface area contributed by atoms with E-state index in [0.29, 0.717) is 12.4 Å². The van der Waals surface area contributed by atoms with Crippen LogP contribution < -0.4 is 5.32 Å². The Bertz CT molecular complexity index is 456. The average Bonchev–Trinajstić information content (AvgIpc) is 2.69. The predicted octanol–water partition coefficient (Wildman–Crippen LogP) is 2.59. The smallest absolute Gasteiger partial charge is 0.311 e. The van der Waals surface area contributed by atoms with E-state index in [2.05, 4.69) is 15.2 Å². The van der Waals surface area contributed by atoms with Gasteiger partial charge in [0, 0.05) is 25.4 Å². The molecule has 0 atom stereocenters. The molecule has 1 aliphatic heterocycles. The lowest BCUT2D eigenvalue weighted by Crippen LogP contribution is -2.30. The first-order valence-corrected chi connectivity index (χ1v) is 7.24. The molecule has 2 heterocycles. The molecule has 0 amide bonds. The van der Waals surface area contributed by atoms with Gasteiger partial charge in [0.15, 0.2) is 0 Å². The number of likely N-dealkylation sites (tertiary alicyclic amines) is 1. The Morgan fingerprint density at radius 3 is 2.70 bits per heavy atom. The number of nitrogens with one attached hydrogen (secondary N) is 1. The molecule has 1 N–H and O–H groups in total. The highest BCUT2D eigenvalue weighted by molar-refractivity contribution is 5.56. The third-order valence-corrected chi connectivity index (χ3v) is 3.62. The van der Waals surface area contributed by atoms with E-state index in [0.717, 1.165) is 25.2 Å². The third kappa shape index (κ3) is 4.16. The maximum atomic E-state index is 11.0. The molecule has 0 radical (unpaired) electrons. The molecule has 110 valence electrons. The molecule has 0 aromatic carbocycles. The number of anilines is 1. The van der Waals surface area contributed by atoms with Gasteiger partial charge in [-0.05, 0) is 38.4 Å². The van der Waals surface area contributed by atoms with Crippen molar-refractivity contribution < 1.29 is 4.92 Å². The van der Waals surface area contributed by atoms with Crippen LogP contribution in [0.3, 0.4) is 0 Å². The Morgan fingerprint density at radius 1 is 1.35 bits per heavy atom. The number of hydrogen-bond acceptors (Lipinski definition) is 5. The fraction of sp³-hybridized carbons (Fsp3) is 0.643. The van der Waals surface area contributed by atoms with Crippen molar-refractivity contribution in [1.29, 1.82) is 0 Å². The molecule has 6 nitrogen and oxygen atoms in total. The van der Waals surface area contributed by atoms with Crippen molar-refractivity contribution in [3.05, 3.63) is 27.9 Å². The summed E-state index contributed by atoms with van der Waals surface area (Å²) in [6.07, 6.45) is 6.79. The van der Waals surface area contributed by atoms with Crippen LogP contribution in [0, 0.1) is 17.0 Å². The Morgan fingerprint density at radius 2 is 2.05 bits per heavy atom. The number of aryl methyl sites for hydroxylation is 1. The SMILES string of the molecule is Cc1cnc(NCCN2CCCCCC2)c([N+](=O)[O-])c1. The first-order chi connectivity index (χ1) is 9.66. The summed E-state index contributed by atoms with van der Waals surface area (Å²) in [7, 11) is 0. The highest BCUT2D eigenvalue weighted by Gasteiger charge is 2.15. The van der Waals surface area contributed by atoms with E-state index in [-0.39, 0.29) is 10.6 Å². The van der Waals surface area contributed by atoms with Crippen LogP contribution in [0.5, 0.6) is 0 Å². The van der Waals surface area contributed by atoms with Gasteiger partial charge in [-0.1, -0.05) is 12.8 Å². The van der Waals surface area contributed by atoms with Crippen molar-refractivity contribution in [3.8, 4) is 0 Å². The number of pyridine rings is 1. The highest BCUT2D eigenvalue weighted by atomic mass is 16.6. The lowest BCUT2D eigenvalue weighted by atomic mass is 10.2. The minimum Gasteiger partial charge on any atom is -0.363 e. The van der Waals surface area contributed by atoms with E-state index < -0.39 is 0 Å². The van der Waals surface area contributed by atoms with E-state index in [9.17, 15) is 10.1 Å². The summed E-state index contributed by atoms with van der Waals surface area (Å²) < 4.78 is 0. The topological polar surface area (TPSA) is 71.3 Å². The molecule has 0 spiro atoms. The lowest BCUT2D eigenvalue weighted by Gasteiger charge is -2.19. The fourth-order valence-corrected chi connectivity index (χ4v) is 2.52. The van der Waals surface area contributed by atoms with Gasteiger partial charge in [0.1, 0.15) is 0 Å². The second kappa shape index (κ2) is 7.19. The van der Waals surface area contributed by atoms with Gasteiger partial charge >= 0.3 is 5.69 Å². The van der Waals surface area contributed by atoms with E-state index in [1.807, 2.05) is 0 Å². The van der Waals surface area contributed by atoms with Crippen molar-refractivity contribution in [3.63, 3.8) is 0 Å². The molecule has 0 bridgehead atoms. The summed E-state index contributed by atoms with van der Waals surface area (Å²) in [5.41, 5.74) is 0.857. The first-order valence-electron chi connectivity index (χ1n) is 7.24. The van der Waals surface area contributed by atoms with Gasteiger partial charge in [-0.25, -0.2) is 4.98 Å². The van der Waals surface area contributed by atoms with E-state index in [1.54, 1.807) is 19.2 Å². The molecule has 1 saturated heterocycles. The predicted molar refractivity (Wildman–Crippen MR) is 79.0 cm³/mol. The monoisotopic (exact) mass is 278 g/mol. The first kappa shape index (κ1) is 14.7. The Kier molecular flexibility index (Phi) is 5.29. The molecule has 0 aliphatic carbocycles. The van der Waals surface area contributed by atoms with Gasteiger partial charge < -0.3 is 10.2 Å². The van der Waals surface area contributed by atoms with Gasteiger partial charge in [0.25, 0.3) is 0 Å².